The van der Waals surface area contributed by atoms with E-state index in [2.05, 4.69) is 41.3 Å². The molecule has 0 saturated carbocycles. The molecule has 0 aliphatic carbocycles. The predicted octanol–water partition coefficient (Wildman–Crippen LogP) is 3.95. The molecule has 2 unspecified atom stereocenters. The number of carboxylic acid groups (broad SMARTS) is 1. The number of aliphatic hydroxyl groups is 2. The number of nitrogens with one attached hydrogen (secondary N) is 1. The number of likely N-dealkylation sites (tertiary alicyclic amines) is 1. The van der Waals surface area contributed by atoms with Gasteiger partial charge in [-0.15, -0.1) is 0 Å². The lowest BCUT2D eigenvalue weighted by Crippen LogP contribution is -2.28. The molecule has 4 N–H and O–H groups in total. The second-order valence-corrected chi connectivity index (χ2v) is 12.4. The Hall–Kier alpha value is -5.24. The van der Waals surface area contributed by atoms with Gasteiger partial charge < -0.3 is 44.5 Å². The zero-order chi connectivity index (χ0) is 36.5. The van der Waals surface area contributed by atoms with Gasteiger partial charge >= 0.3 is 5.97 Å². The van der Waals surface area contributed by atoms with Crippen molar-refractivity contribution in [3.05, 3.63) is 94.0 Å². The zero-order valence-corrected chi connectivity index (χ0v) is 29.2. The van der Waals surface area contributed by atoms with Crippen LogP contribution in [0.3, 0.4) is 0 Å². The zero-order valence-electron chi connectivity index (χ0n) is 29.2. The maximum absolute atomic E-state index is 12.1. The van der Waals surface area contributed by atoms with Crippen LogP contribution >= 0.6 is 0 Å². The molecule has 13 nitrogen and oxygen atoms in total. The number of hydrogen-bond acceptors (Lipinski definition) is 11. The van der Waals surface area contributed by atoms with Crippen LogP contribution in [0.25, 0.3) is 11.1 Å². The maximum atomic E-state index is 12.1. The van der Waals surface area contributed by atoms with Crippen LogP contribution in [0.5, 0.6) is 23.5 Å². The molecular formula is C38H44N4O9. The van der Waals surface area contributed by atoms with Crippen molar-refractivity contribution >= 4 is 11.9 Å². The average molecular weight is 701 g/mol. The van der Waals surface area contributed by atoms with Gasteiger partial charge in [0, 0.05) is 42.9 Å². The number of aliphatic hydroxyl groups excluding tert-OH is 2. The summed E-state index contributed by atoms with van der Waals surface area (Å²) in [6, 6.07) is 19.4. The van der Waals surface area contributed by atoms with E-state index in [0.29, 0.717) is 36.6 Å². The highest BCUT2D eigenvalue weighted by Crippen LogP contribution is 2.32. The van der Waals surface area contributed by atoms with Gasteiger partial charge in [-0.3, -0.25) is 9.59 Å². The molecule has 13 heteroatoms. The van der Waals surface area contributed by atoms with E-state index in [1.807, 2.05) is 36.4 Å². The van der Waals surface area contributed by atoms with Gasteiger partial charge in [-0.25, -0.2) is 0 Å². The Morgan fingerprint density at radius 2 is 1.41 bits per heavy atom. The summed E-state index contributed by atoms with van der Waals surface area (Å²) < 4.78 is 23.1. The number of aromatic nitrogens is 2. The van der Waals surface area contributed by atoms with E-state index < -0.39 is 18.2 Å². The summed E-state index contributed by atoms with van der Waals surface area (Å²) in [7, 11) is 3.04. The summed E-state index contributed by atoms with van der Waals surface area (Å²) in [5.74, 6) is 0.371. The second kappa shape index (κ2) is 17.1. The molecule has 3 heterocycles. The van der Waals surface area contributed by atoms with E-state index >= 15 is 0 Å². The van der Waals surface area contributed by atoms with Crippen LogP contribution in [-0.2, 0) is 35.9 Å². The first-order valence-corrected chi connectivity index (χ1v) is 16.6. The van der Waals surface area contributed by atoms with Crippen LogP contribution in [0.4, 0.5) is 0 Å². The number of β-amino-alcohol motifs (C(OH)–C–C–N with tert-alkyl or cyclic N) is 1. The van der Waals surface area contributed by atoms with E-state index in [-0.39, 0.29) is 45.1 Å². The molecule has 4 aromatic rings. The normalized spacial score (nSPS) is 14.7. The highest BCUT2D eigenvalue weighted by Gasteiger charge is 2.28. The first kappa shape index (κ1) is 37.0. The van der Waals surface area contributed by atoms with E-state index in [1.165, 1.54) is 14.2 Å². The number of carbonyl (C=O) groups is 2. The number of ether oxygens (including phenoxy) is 4. The van der Waals surface area contributed by atoms with Crippen molar-refractivity contribution in [2.45, 2.75) is 65.2 Å². The first-order valence-electron chi connectivity index (χ1n) is 16.6. The Morgan fingerprint density at radius 3 is 1.92 bits per heavy atom. The smallest absolute Gasteiger partial charge is 0.306 e. The summed E-state index contributed by atoms with van der Waals surface area (Å²) in [6.07, 6.45) is -1.85. The van der Waals surface area contributed by atoms with Crippen molar-refractivity contribution in [1.29, 1.82) is 0 Å². The Kier molecular flexibility index (Phi) is 12.4. The van der Waals surface area contributed by atoms with Gasteiger partial charge in [-0.1, -0.05) is 36.4 Å². The van der Waals surface area contributed by atoms with Crippen molar-refractivity contribution < 1.29 is 43.9 Å². The topological polar surface area (TPSA) is 173 Å². The average Bonchev–Trinajstić information content (AvgIpc) is 3.43. The largest absolute Gasteiger partial charge is 0.481 e. The maximum Gasteiger partial charge on any atom is 0.306 e. The van der Waals surface area contributed by atoms with Crippen LogP contribution in [0.15, 0.2) is 60.7 Å². The molecule has 51 heavy (non-hydrogen) atoms. The van der Waals surface area contributed by atoms with Gasteiger partial charge in [0.15, 0.2) is 0 Å². The summed E-state index contributed by atoms with van der Waals surface area (Å²) >= 11 is 0. The Morgan fingerprint density at radius 1 is 0.863 bits per heavy atom. The Labute approximate surface area is 296 Å². The van der Waals surface area contributed by atoms with Crippen molar-refractivity contribution in [2.75, 3.05) is 27.3 Å². The van der Waals surface area contributed by atoms with E-state index in [9.17, 15) is 19.8 Å². The lowest BCUT2D eigenvalue weighted by atomic mass is 9.92. The molecule has 270 valence electrons. The summed E-state index contributed by atoms with van der Waals surface area (Å²) in [5.41, 5.74) is 7.74. The fourth-order valence-electron chi connectivity index (χ4n) is 6.00. The molecule has 0 radical (unpaired) electrons. The molecule has 1 aliphatic heterocycles. The highest BCUT2D eigenvalue weighted by atomic mass is 16.5. The SMILES string of the molecule is COc1nc(OCc2cccc(-c3cccc(COc4ccc(CN5CC(O)CC5=O)c(OC)n4)c3C)c2C)ccc1CNCC(O)CC(=O)O. The molecule has 1 aliphatic rings. The van der Waals surface area contributed by atoms with Gasteiger partial charge in [-0.05, 0) is 59.4 Å². The third-order valence-corrected chi connectivity index (χ3v) is 8.81. The van der Waals surface area contributed by atoms with Gasteiger partial charge in [-0.2, -0.15) is 9.97 Å². The third kappa shape index (κ3) is 9.51. The first-order chi connectivity index (χ1) is 24.6. The van der Waals surface area contributed by atoms with E-state index in [4.69, 9.17) is 24.1 Å². The molecule has 2 aromatic heterocycles. The van der Waals surface area contributed by atoms with Crippen LogP contribution in [0, 0.1) is 13.8 Å². The highest BCUT2D eigenvalue weighted by molar-refractivity contribution is 5.79. The fraction of sp³-hybridized carbons (Fsp3) is 0.368. The summed E-state index contributed by atoms with van der Waals surface area (Å²) in [5, 5.41) is 31.5. The molecule has 0 spiro atoms. The van der Waals surface area contributed by atoms with Crippen molar-refractivity contribution in [1.82, 2.24) is 20.2 Å². The number of benzene rings is 2. The monoisotopic (exact) mass is 700 g/mol. The van der Waals surface area contributed by atoms with Crippen molar-refractivity contribution in [3.8, 4) is 34.6 Å². The van der Waals surface area contributed by atoms with Crippen LogP contribution in [-0.4, -0.2) is 81.6 Å². The number of nitrogens with zero attached hydrogens (tertiary/aromatic N) is 3. The molecule has 1 amide bonds. The van der Waals surface area contributed by atoms with E-state index in [1.54, 1.807) is 17.0 Å². The molecule has 2 aromatic carbocycles. The molecule has 5 rings (SSSR count). The molecule has 1 fully saturated rings. The Bertz CT molecular complexity index is 1850. The molecule has 0 bridgehead atoms. The number of aliphatic carboxylic acids is 1. The standard InChI is InChI=1S/C38H44N4O9/c1-23-27(21-50-33-13-11-25(37(40-33)48-3)17-39-18-29(43)16-36(46)47)7-5-9-31(23)32-10-6-8-28(24(32)2)22-51-34-14-12-26(38(41-34)49-4)19-42-20-30(44)15-35(42)45/h5-14,29-30,39,43-44H,15-22H2,1-4H3,(H,46,47). The minimum Gasteiger partial charge on any atom is -0.481 e. The second-order valence-electron chi connectivity index (χ2n) is 12.4. The van der Waals surface area contributed by atoms with Crippen molar-refractivity contribution in [2.24, 2.45) is 0 Å². The lowest BCUT2D eigenvalue weighted by molar-refractivity contribution is -0.139. The fourth-order valence-corrected chi connectivity index (χ4v) is 6.00. The van der Waals surface area contributed by atoms with Crippen LogP contribution < -0.4 is 24.3 Å². The molecule has 2 atom stereocenters. The van der Waals surface area contributed by atoms with E-state index in [0.717, 1.165) is 44.5 Å². The number of carboxylic acids is 1. The number of amides is 1. The van der Waals surface area contributed by atoms with Gasteiger partial charge in [0.2, 0.25) is 29.4 Å². The lowest BCUT2D eigenvalue weighted by Gasteiger charge is -2.18. The van der Waals surface area contributed by atoms with Crippen molar-refractivity contribution in [3.63, 3.8) is 0 Å². The number of methoxy groups -OCH3 is 2. The molecular weight excluding hydrogens is 656 g/mol. The number of carbonyl (C=O) groups excluding carboxylic acids is 1. The minimum atomic E-state index is -1.06. The van der Waals surface area contributed by atoms with Crippen LogP contribution in [0.1, 0.15) is 46.2 Å². The summed E-state index contributed by atoms with van der Waals surface area (Å²) in [4.78, 5) is 33.5. The number of pyridine rings is 2. The van der Waals surface area contributed by atoms with Crippen LogP contribution in [0.2, 0.25) is 0 Å². The third-order valence-electron chi connectivity index (χ3n) is 8.81. The minimum absolute atomic E-state index is 0.0993. The van der Waals surface area contributed by atoms with Gasteiger partial charge in [0.1, 0.15) is 13.2 Å². The summed E-state index contributed by atoms with van der Waals surface area (Å²) in [6.45, 7) is 5.75. The quantitative estimate of drug-likeness (QED) is 0.125. The van der Waals surface area contributed by atoms with Gasteiger partial charge in [0.25, 0.3) is 0 Å². The number of hydrogen-bond donors (Lipinski definition) is 4. The molecule has 1 saturated heterocycles. The van der Waals surface area contributed by atoms with Gasteiger partial charge in [0.05, 0.1) is 45.8 Å². The Balaban J connectivity index is 1.23. The number of rotatable bonds is 17. The predicted molar refractivity (Wildman–Crippen MR) is 188 cm³/mol.